The van der Waals surface area contributed by atoms with Crippen LogP contribution in [0.25, 0.3) is 0 Å². The van der Waals surface area contributed by atoms with Crippen molar-refractivity contribution in [2.45, 2.75) is 25.2 Å². The largest absolute Gasteiger partial charge is 0.368 e. The number of aliphatic hydroxyl groups excluding tert-OH is 1. The van der Waals surface area contributed by atoms with Crippen LogP contribution >= 0.6 is 0 Å². The van der Waals surface area contributed by atoms with Gasteiger partial charge < -0.3 is 9.84 Å². The first kappa shape index (κ1) is 6.64. The third kappa shape index (κ3) is 1.73. The Hall–Kier alpha value is -0.480. The van der Waals surface area contributed by atoms with E-state index in [4.69, 9.17) is 9.84 Å². The summed E-state index contributed by atoms with van der Waals surface area (Å²) < 4.78 is 4.86. The van der Waals surface area contributed by atoms with Gasteiger partial charge >= 0.3 is 0 Å². The van der Waals surface area contributed by atoms with E-state index in [0.717, 1.165) is 6.42 Å². The van der Waals surface area contributed by atoms with Gasteiger partial charge in [0.15, 0.2) is 6.29 Å². The molecule has 0 radical (unpaired) electrons. The van der Waals surface area contributed by atoms with Crippen molar-refractivity contribution in [1.29, 1.82) is 0 Å². The Morgan fingerprint density at radius 1 is 1.67 bits per heavy atom. The number of rotatable bonds is 2. The molecule has 0 amide bonds. The van der Waals surface area contributed by atoms with Crippen molar-refractivity contribution in [3.63, 3.8) is 0 Å². The Morgan fingerprint density at radius 2 is 2.44 bits per heavy atom. The molecule has 0 aromatic rings. The second-order valence-corrected chi connectivity index (χ2v) is 2.10. The van der Waals surface area contributed by atoms with Gasteiger partial charge in [-0.25, -0.2) is 0 Å². The van der Waals surface area contributed by atoms with Crippen LogP contribution in [0.15, 0.2) is 5.18 Å². The van der Waals surface area contributed by atoms with Crippen molar-refractivity contribution in [3.8, 4) is 0 Å². The van der Waals surface area contributed by atoms with E-state index in [0.29, 0.717) is 6.42 Å². The van der Waals surface area contributed by atoms with E-state index in [9.17, 15) is 4.91 Å². The van der Waals surface area contributed by atoms with E-state index in [1.807, 2.05) is 0 Å². The molecule has 0 aromatic heterocycles. The molecule has 0 saturated carbocycles. The van der Waals surface area contributed by atoms with Gasteiger partial charge in [0.2, 0.25) is 0 Å². The Bertz CT molecular complexity index is 106. The monoisotopic (exact) mass is 131 g/mol. The molecule has 1 heterocycles. The zero-order valence-corrected chi connectivity index (χ0v) is 4.99. The van der Waals surface area contributed by atoms with Gasteiger partial charge in [-0.15, -0.1) is 0 Å². The highest BCUT2D eigenvalue weighted by atomic mass is 16.6. The van der Waals surface area contributed by atoms with Gasteiger partial charge in [0.05, 0.1) is 6.10 Å². The van der Waals surface area contributed by atoms with Gasteiger partial charge in [0.1, 0.15) is 6.54 Å². The first-order chi connectivity index (χ1) is 4.33. The number of ether oxygens (including phenoxy) is 1. The van der Waals surface area contributed by atoms with Crippen LogP contribution in [0.3, 0.4) is 0 Å². The fourth-order valence-corrected chi connectivity index (χ4v) is 0.904. The topological polar surface area (TPSA) is 58.9 Å². The molecule has 1 rings (SSSR count). The molecule has 52 valence electrons. The highest BCUT2D eigenvalue weighted by molar-refractivity contribution is 4.68. The molecule has 0 aliphatic carbocycles. The summed E-state index contributed by atoms with van der Waals surface area (Å²) in [4.78, 5) is 9.66. The van der Waals surface area contributed by atoms with Gasteiger partial charge in [0.25, 0.3) is 0 Å². The summed E-state index contributed by atoms with van der Waals surface area (Å²) in [5.41, 5.74) is 0. The zero-order valence-electron chi connectivity index (χ0n) is 4.99. The van der Waals surface area contributed by atoms with Crippen LogP contribution in [0.2, 0.25) is 0 Å². The minimum atomic E-state index is -0.670. The van der Waals surface area contributed by atoms with E-state index in [-0.39, 0.29) is 12.6 Å². The van der Waals surface area contributed by atoms with Gasteiger partial charge in [-0.3, -0.25) is 0 Å². The summed E-state index contributed by atoms with van der Waals surface area (Å²) in [6.07, 6.45) is 0.557. The van der Waals surface area contributed by atoms with Crippen molar-refractivity contribution in [3.05, 3.63) is 4.91 Å². The van der Waals surface area contributed by atoms with E-state index < -0.39 is 6.29 Å². The standard InChI is InChI=1S/C5H9NO3/c7-5-2-1-4(9-5)3-6-8/h4-5,7H,1-3H2/t4-,5?/m0/s1. The molecule has 1 N–H and O–H groups in total. The minimum Gasteiger partial charge on any atom is -0.368 e. The molecule has 1 aliphatic heterocycles. The molecule has 4 heteroatoms. The quantitative estimate of drug-likeness (QED) is 0.546. The van der Waals surface area contributed by atoms with Crippen molar-refractivity contribution in [2.75, 3.05) is 6.54 Å². The van der Waals surface area contributed by atoms with Crippen molar-refractivity contribution in [2.24, 2.45) is 5.18 Å². The van der Waals surface area contributed by atoms with Gasteiger partial charge in [0, 0.05) is 6.42 Å². The molecular weight excluding hydrogens is 122 g/mol. The van der Waals surface area contributed by atoms with E-state index in [1.165, 1.54) is 0 Å². The third-order valence-corrected chi connectivity index (χ3v) is 1.36. The van der Waals surface area contributed by atoms with Crippen molar-refractivity contribution >= 4 is 0 Å². The lowest BCUT2D eigenvalue weighted by atomic mass is 10.2. The van der Waals surface area contributed by atoms with Crippen LogP contribution in [-0.4, -0.2) is 24.0 Å². The van der Waals surface area contributed by atoms with E-state index >= 15 is 0 Å². The maximum Gasteiger partial charge on any atom is 0.155 e. The van der Waals surface area contributed by atoms with E-state index in [1.54, 1.807) is 0 Å². The Morgan fingerprint density at radius 3 is 2.89 bits per heavy atom. The van der Waals surface area contributed by atoms with Crippen LogP contribution in [0.1, 0.15) is 12.8 Å². The summed E-state index contributed by atoms with van der Waals surface area (Å²) in [5.74, 6) is 0. The SMILES string of the molecule is O=NC[C@@H]1CCC(O)O1. The highest BCUT2D eigenvalue weighted by Gasteiger charge is 2.22. The second-order valence-electron chi connectivity index (χ2n) is 2.10. The normalized spacial score (nSPS) is 34.8. The molecule has 4 nitrogen and oxygen atoms in total. The van der Waals surface area contributed by atoms with Crippen molar-refractivity contribution < 1.29 is 9.84 Å². The predicted octanol–water partition coefficient (Wildman–Crippen LogP) is 0.250. The van der Waals surface area contributed by atoms with Crippen LogP contribution in [0.5, 0.6) is 0 Å². The molecule has 1 saturated heterocycles. The lowest BCUT2D eigenvalue weighted by Crippen LogP contribution is -2.12. The first-order valence-electron chi connectivity index (χ1n) is 2.95. The molecule has 9 heavy (non-hydrogen) atoms. The molecule has 0 bridgehead atoms. The summed E-state index contributed by atoms with van der Waals surface area (Å²) in [7, 11) is 0. The molecule has 2 atom stereocenters. The van der Waals surface area contributed by atoms with Gasteiger partial charge in [-0.1, -0.05) is 5.18 Å². The summed E-state index contributed by atoms with van der Waals surface area (Å²) in [6, 6.07) is 0. The maximum absolute atomic E-state index is 9.66. The van der Waals surface area contributed by atoms with Gasteiger partial charge in [-0.2, -0.15) is 4.91 Å². The maximum atomic E-state index is 9.66. The molecule has 1 unspecified atom stereocenters. The number of hydrogen-bond donors (Lipinski definition) is 1. The summed E-state index contributed by atoms with van der Waals surface area (Å²) in [6.45, 7) is 0.164. The smallest absolute Gasteiger partial charge is 0.155 e. The highest BCUT2D eigenvalue weighted by Crippen LogP contribution is 2.17. The molecule has 1 aliphatic rings. The van der Waals surface area contributed by atoms with Crippen LogP contribution in [-0.2, 0) is 4.74 Å². The number of nitroso groups, excluding NO2 is 1. The summed E-state index contributed by atoms with van der Waals surface area (Å²) >= 11 is 0. The van der Waals surface area contributed by atoms with Crippen LogP contribution in [0.4, 0.5) is 0 Å². The first-order valence-corrected chi connectivity index (χ1v) is 2.95. The number of aliphatic hydroxyl groups is 1. The fourth-order valence-electron chi connectivity index (χ4n) is 0.904. The van der Waals surface area contributed by atoms with E-state index in [2.05, 4.69) is 5.18 Å². The van der Waals surface area contributed by atoms with Crippen molar-refractivity contribution in [1.82, 2.24) is 0 Å². The Balaban J connectivity index is 2.21. The second kappa shape index (κ2) is 2.89. The Kier molecular flexibility index (Phi) is 2.13. The predicted molar refractivity (Wildman–Crippen MR) is 30.8 cm³/mol. The lowest BCUT2D eigenvalue weighted by Gasteiger charge is -2.03. The zero-order chi connectivity index (χ0) is 6.69. The third-order valence-electron chi connectivity index (χ3n) is 1.36. The molecule has 0 aromatic carbocycles. The van der Waals surface area contributed by atoms with Gasteiger partial charge in [-0.05, 0) is 6.42 Å². The van der Waals surface area contributed by atoms with Crippen LogP contribution in [0, 0.1) is 4.91 Å². The molecule has 1 fully saturated rings. The molecule has 0 spiro atoms. The Labute approximate surface area is 52.8 Å². The fraction of sp³-hybridized carbons (Fsp3) is 1.00. The number of hydrogen-bond acceptors (Lipinski definition) is 4. The average molecular weight is 131 g/mol. The molecular formula is C5H9NO3. The average Bonchev–Trinajstić information content (AvgIpc) is 2.17. The van der Waals surface area contributed by atoms with Crippen LogP contribution < -0.4 is 0 Å². The summed E-state index contributed by atoms with van der Waals surface area (Å²) in [5, 5.41) is 11.4. The lowest BCUT2D eigenvalue weighted by molar-refractivity contribution is -0.0871. The number of nitrogens with zero attached hydrogens (tertiary/aromatic N) is 1. The minimum absolute atomic E-state index is 0.141.